The molecule has 31 heavy (non-hydrogen) atoms. The molecule has 6 rings (SSSR count). The van der Waals surface area contributed by atoms with Gasteiger partial charge in [-0.2, -0.15) is 4.98 Å². The number of aryl methyl sites for hydroxylation is 1. The summed E-state index contributed by atoms with van der Waals surface area (Å²) in [7, 11) is 0. The summed E-state index contributed by atoms with van der Waals surface area (Å²) in [6, 6.07) is 17.0. The highest BCUT2D eigenvalue weighted by molar-refractivity contribution is 5.86. The summed E-state index contributed by atoms with van der Waals surface area (Å²) in [5.74, 6) is 1.56. The molecule has 0 spiro atoms. The molecule has 0 fully saturated rings. The number of para-hydroxylation sites is 1. The average Bonchev–Trinajstić information content (AvgIpc) is 3.30. The summed E-state index contributed by atoms with van der Waals surface area (Å²) >= 11 is 0. The van der Waals surface area contributed by atoms with Crippen molar-refractivity contribution in [3.8, 4) is 23.0 Å². The molecule has 2 aromatic carbocycles. The summed E-state index contributed by atoms with van der Waals surface area (Å²) in [5.41, 5.74) is 3.84. The van der Waals surface area contributed by atoms with Crippen LogP contribution in [-0.2, 0) is 12.8 Å². The van der Waals surface area contributed by atoms with E-state index in [4.69, 9.17) is 9.15 Å². The van der Waals surface area contributed by atoms with Crippen molar-refractivity contribution in [2.24, 2.45) is 0 Å². The molecule has 0 saturated heterocycles. The molecular formula is C25H17N3O3. The lowest BCUT2D eigenvalue weighted by atomic mass is 10.1. The van der Waals surface area contributed by atoms with Crippen LogP contribution >= 0.6 is 0 Å². The molecule has 3 aromatic heterocycles. The zero-order valence-electron chi connectivity index (χ0n) is 16.5. The van der Waals surface area contributed by atoms with Gasteiger partial charge in [0, 0.05) is 35.0 Å². The molecule has 0 aliphatic heterocycles. The molecule has 1 aliphatic carbocycles. The van der Waals surface area contributed by atoms with Gasteiger partial charge in [-0.15, -0.1) is 0 Å². The molecule has 0 saturated carbocycles. The molecule has 0 unspecified atom stereocenters. The van der Waals surface area contributed by atoms with Gasteiger partial charge in [0.25, 0.3) is 0 Å². The van der Waals surface area contributed by atoms with E-state index >= 15 is 0 Å². The highest BCUT2D eigenvalue weighted by Crippen LogP contribution is 2.33. The van der Waals surface area contributed by atoms with Gasteiger partial charge in [-0.25, -0.2) is 9.78 Å². The van der Waals surface area contributed by atoms with Gasteiger partial charge in [-0.1, -0.05) is 12.1 Å². The number of benzene rings is 2. The van der Waals surface area contributed by atoms with Crippen LogP contribution in [-0.4, -0.2) is 15.0 Å². The van der Waals surface area contributed by atoms with Crippen LogP contribution < -0.4 is 10.4 Å². The number of ether oxygens (including phenoxy) is 1. The smallest absolute Gasteiger partial charge is 0.339 e. The van der Waals surface area contributed by atoms with E-state index in [0.29, 0.717) is 23.0 Å². The molecule has 1 aliphatic rings. The van der Waals surface area contributed by atoms with Gasteiger partial charge in [0.05, 0.1) is 10.9 Å². The Morgan fingerprint density at radius 1 is 0.871 bits per heavy atom. The number of aromatic nitrogens is 3. The van der Waals surface area contributed by atoms with Crippen molar-refractivity contribution in [3.05, 3.63) is 88.5 Å². The van der Waals surface area contributed by atoms with Crippen LogP contribution in [0.4, 0.5) is 0 Å². The minimum absolute atomic E-state index is 0.246. The van der Waals surface area contributed by atoms with Crippen LogP contribution in [0.3, 0.4) is 0 Å². The maximum Gasteiger partial charge on any atom is 0.339 e. The zero-order valence-corrected chi connectivity index (χ0v) is 16.5. The number of hydrogen-bond donors (Lipinski definition) is 0. The van der Waals surface area contributed by atoms with Crippen molar-refractivity contribution in [2.75, 3.05) is 0 Å². The van der Waals surface area contributed by atoms with Crippen LogP contribution in [0.2, 0.25) is 0 Å². The molecule has 0 atom stereocenters. The van der Waals surface area contributed by atoms with Crippen molar-refractivity contribution in [3.63, 3.8) is 0 Å². The molecule has 5 aromatic rings. The third kappa shape index (κ3) is 3.04. The summed E-state index contributed by atoms with van der Waals surface area (Å²) in [6.07, 6.45) is 6.10. The Kier molecular flexibility index (Phi) is 4.02. The van der Waals surface area contributed by atoms with Gasteiger partial charge in [0.1, 0.15) is 11.3 Å². The van der Waals surface area contributed by atoms with E-state index in [9.17, 15) is 4.79 Å². The van der Waals surface area contributed by atoms with E-state index in [1.165, 1.54) is 0 Å². The minimum atomic E-state index is -0.246. The lowest BCUT2D eigenvalue weighted by molar-refractivity contribution is 0.467. The van der Waals surface area contributed by atoms with Gasteiger partial charge in [-0.3, -0.25) is 4.98 Å². The van der Waals surface area contributed by atoms with E-state index in [1.54, 1.807) is 18.5 Å². The fourth-order valence-corrected chi connectivity index (χ4v) is 4.19. The summed E-state index contributed by atoms with van der Waals surface area (Å²) in [5, 5.41) is 1.78. The Bertz CT molecular complexity index is 1510. The molecular weight excluding hydrogens is 390 g/mol. The molecule has 0 amide bonds. The van der Waals surface area contributed by atoms with Gasteiger partial charge < -0.3 is 9.15 Å². The zero-order chi connectivity index (χ0) is 20.8. The van der Waals surface area contributed by atoms with Crippen molar-refractivity contribution in [2.45, 2.75) is 19.3 Å². The second-order valence-corrected chi connectivity index (χ2v) is 7.57. The number of pyridine rings is 1. The predicted octanol–water partition coefficient (Wildman–Crippen LogP) is 5.08. The number of rotatable bonds is 3. The minimum Gasteiger partial charge on any atom is -0.438 e. The van der Waals surface area contributed by atoms with Crippen LogP contribution in [0.5, 0.6) is 11.6 Å². The molecule has 150 valence electrons. The third-order valence-corrected chi connectivity index (χ3v) is 5.67. The van der Waals surface area contributed by atoms with Crippen LogP contribution in [0, 0.1) is 0 Å². The van der Waals surface area contributed by atoms with E-state index in [-0.39, 0.29) is 5.63 Å². The monoisotopic (exact) mass is 407 g/mol. The maximum absolute atomic E-state index is 12.3. The topological polar surface area (TPSA) is 78.1 Å². The molecule has 3 heterocycles. The quantitative estimate of drug-likeness (QED) is 0.388. The predicted molar refractivity (Wildman–Crippen MR) is 117 cm³/mol. The second kappa shape index (κ2) is 7.02. The van der Waals surface area contributed by atoms with E-state index in [1.807, 2.05) is 48.5 Å². The van der Waals surface area contributed by atoms with E-state index < -0.39 is 0 Å². The van der Waals surface area contributed by atoms with E-state index in [2.05, 4.69) is 15.0 Å². The maximum atomic E-state index is 12.3. The molecule has 0 N–H and O–H groups in total. The SMILES string of the molecule is O=c1oc2cc(Oc3nc(-c4ccncc4)nc4ccccc34)ccc2c2c1CCC2. The number of fused-ring (bicyclic) bond motifs is 4. The van der Waals surface area contributed by atoms with Crippen molar-refractivity contribution < 1.29 is 9.15 Å². The van der Waals surface area contributed by atoms with Crippen molar-refractivity contribution in [1.82, 2.24) is 15.0 Å². The first kappa shape index (κ1) is 17.8. The van der Waals surface area contributed by atoms with Crippen molar-refractivity contribution >= 4 is 21.9 Å². The van der Waals surface area contributed by atoms with Gasteiger partial charge in [-0.05, 0) is 61.2 Å². The molecule has 0 radical (unpaired) electrons. The molecule has 6 nitrogen and oxygen atoms in total. The fourth-order valence-electron chi connectivity index (χ4n) is 4.19. The second-order valence-electron chi connectivity index (χ2n) is 7.57. The molecule has 0 bridgehead atoms. The summed E-state index contributed by atoms with van der Waals surface area (Å²) in [4.78, 5) is 25.7. The highest BCUT2D eigenvalue weighted by Gasteiger charge is 2.20. The Balaban J connectivity index is 1.48. The largest absolute Gasteiger partial charge is 0.438 e. The van der Waals surface area contributed by atoms with Gasteiger partial charge in [0.15, 0.2) is 5.82 Å². The Morgan fingerprint density at radius 3 is 2.61 bits per heavy atom. The Labute approximate surface area is 177 Å². The first-order chi connectivity index (χ1) is 15.3. The number of nitrogens with zero attached hydrogens (tertiary/aromatic N) is 3. The average molecular weight is 407 g/mol. The Hall–Kier alpha value is -4.06. The summed E-state index contributed by atoms with van der Waals surface area (Å²) < 4.78 is 11.8. The van der Waals surface area contributed by atoms with Crippen LogP contribution in [0.1, 0.15) is 17.5 Å². The first-order valence-corrected chi connectivity index (χ1v) is 10.2. The first-order valence-electron chi connectivity index (χ1n) is 10.2. The fraction of sp³-hybridized carbons (Fsp3) is 0.120. The Morgan fingerprint density at radius 2 is 1.71 bits per heavy atom. The lowest BCUT2D eigenvalue weighted by Gasteiger charge is -2.11. The van der Waals surface area contributed by atoms with Crippen molar-refractivity contribution in [1.29, 1.82) is 0 Å². The van der Waals surface area contributed by atoms with Crippen LogP contribution in [0.25, 0.3) is 33.3 Å². The van der Waals surface area contributed by atoms with Gasteiger partial charge in [0.2, 0.25) is 5.88 Å². The normalized spacial score (nSPS) is 12.9. The summed E-state index contributed by atoms with van der Waals surface area (Å²) in [6.45, 7) is 0. The van der Waals surface area contributed by atoms with E-state index in [0.717, 1.165) is 52.2 Å². The standard InChI is InChI=1S/C25H17N3O3/c29-25-19-6-3-5-17(19)18-9-8-16(14-22(18)31-25)30-24-20-4-1-2-7-21(20)27-23(28-24)15-10-12-26-13-11-15/h1-2,4,7-14H,3,5-6H2. The number of hydrogen-bond acceptors (Lipinski definition) is 6. The lowest BCUT2D eigenvalue weighted by Crippen LogP contribution is -2.06. The van der Waals surface area contributed by atoms with Gasteiger partial charge >= 0.3 is 5.63 Å². The third-order valence-electron chi connectivity index (χ3n) is 5.67. The highest BCUT2D eigenvalue weighted by atomic mass is 16.5. The van der Waals surface area contributed by atoms with Crippen LogP contribution in [0.15, 0.2) is 76.2 Å². The molecule has 6 heteroatoms.